The lowest BCUT2D eigenvalue weighted by molar-refractivity contribution is 0.331. The smallest absolute Gasteiger partial charge is 0.209 e. The van der Waals surface area contributed by atoms with Gasteiger partial charge >= 0.3 is 0 Å². The number of ether oxygens (including phenoxy) is 2. The minimum absolute atomic E-state index is 0.0229. The van der Waals surface area contributed by atoms with Crippen LogP contribution in [0.4, 0.5) is 8.78 Å². The molecule has 5 heteroatoms. The minimum Gasteiger partial charge on any atom is -0.494 e. The van der Waals surface area contributed by atoms with Gasteiger partial charge in [0.2, 0.25) is 5.82 Å². The van der Waals surface area contributed by atoms with E-state index < -0.39 is 17.4 Å². The maximum atomic E-state index is 13.7. The highest BCUT2D eigenvalue weighted by Gasteiger charge is 2.19. The Labute approximate surface area is 93.2 Å². The molecule has 0 aliphatic heterocycles. The first-order valence-electron chi connectivity index (χ1n) is 4.94. The summed E-state index contributed by atoms with van der Waals surface area (Å²) in [5.41, 5.74) is 5.69. The van der Waals surface area contributed by atoms with Crippen molar-refractivity contribution in [1.29, 1.82) is 0 Å². The van der Waals surface area contributed by atoms with Crippen LogP contribution < -0.4 is 15.2 Å². The summed E-state index contributed by atoms with van der Waals surface area (Å²) in [4.78, 5) is 0. The van der Waals surface area contributed by atoms with E-state index in [0.29, 0.717) is 24.9 Å². The Kier molecular flexibility index (Phi) is 4.49. The second-order valence-electron chi connectivity index (χ2n) is 3.29. The Morgan fingerprint density at radius 2 is 1.88 bits per heavy atom. The van der Waals surface area contributed by atoms with Gasteiger partial charge < -0.3 is 15.2 Å². The third kappa shape index (κ3) is 2.41. The normalized spacial score (nSPS) is 10.3. The van der Waals surface area contributed by atoms with Gasteiger partial charge in [-0.25, -0.2) is 4.39 Å². The predicted octanol–water partition coefficient (Wildman–Crippen LogP) is 1.87. The van der Waals surface area contributed by atoms with Gasteiger partial charge in [0.1, 0.15) is 0 Å². The number of aryl methyl sites for hydroxylation is 1. The fourth-order valence-corrected chi connectivity index (χ4v) is 1.44. The molecule has 0 spiro atoms. The van der Waals surface area contributed by atoms with Crippen molar-refractivity contribution < 1.29 is 18.3 Å². The fraction of sp³-hybridized carbons (Fsp3) is 0.455. The van der Waals surface area contributed by atoms with E-state index in [-0.39, 0.29) is 5.75 Å². The molecule has 1 rings (SSSR count). The molecule has 0 aliphatic rings. The fourth-order valence-electron chi connectivity index (χ4n) is 1.44. The van der Waals surface area contributed by atoms with Crippen molar-refractivity contribution in [3.05, 3.63) is 23.3 Å². The Morgan fingerprint density at radius 3 is 2.38 bits per heavy atom. The second-order valence-corrected chi connectivity index (χ2v) is 3.29. The molecule has 1 aromatic rings. The summed E-state index contributed by atoms with van der Waals surface area (Å²) < 4.78 is 36.7. The molecule has 0 atom stereocenters. The number of hydrogen-bond acceptors (Lipinski definition) is 3. The molecule has 0 saturated carbocycles. The average molecular weight is 231 g/mol. The lowest BCUT2D eigenvalue weighted by atomic mass is 10.1. The Balaban J connectivity index is 3.18. The molecule has 3 nitrogen and oxygen atoms in total. The van der Waals surface area contributed by atoms with Crippen LogP contribution in [0.2, 0.25) is 0 Å². The van der Waals surface area contributed by atoms with Crippen molar-refractivity contribution in [3.8, 4) is 11.5 Å². The van der Waals surface area contributed by atoms with E-state index in [0.717, 1.165) is 0 Å². The maximum absolute atomic E-state index is 13.7. The van der Waals surface area contributed by atoms with Crippen LogP contribution in [0.15, 0.2) is 6.07 Å². The van der Waals surface area contributed by atoms with Crippen LogP contribution in [0.25, 0.3) is 0 Å². The van der Waals surface area contributed by atoms with Crippen LogP contribution in [0, 0.1) is 11.6 Å². The topological polar surface area (TPSA) is 44.5 Å². The number of rotatable bonds is 5. The average Bonchev–Trinajstić information content (AvgIpc) is 2.29. The summed E-state index contributed by atoms with van der Waals surface area (Å²) in [6.45, 7) is 0.446. The zero-order valence-electron chi connectivity index (χ0n) is 9.35. The summed E-state index contributed by atoms with van der Waals surface area (Å²) in [5.74, 6) is -1.94. The van der Waals surface area contributed by atoms with Gasteiger partial charge in [-0.2, -0.15) is 4.39 Å². The molecule has 0 aliphatic carbocycles. The monoisotopic (exact) mass is 231 g/mol. The molecule has 1 aromatic carbocycles. The quantitative estimate of drug-likeness (QED) is 0.841. The van der Waals surface area contributed by atoms with Crippen molar-refractivity contribution in [2.24, 2.45) is 5.73 Å². The zero-order chi connectivity index (χ0) is 12.1. The summed E-state index contributed by atoms with van der Waals surface area (Å²) in [7, 11) is 2.54. The number of halogens is 2. The number of hydrogen-bond donors (Lipinski definition) is 1. The van der Waals surface area contributed by atoms with Crippen molar-refractivity contribution in [3.63, 3.8) is 0 Å². The molecule has 16 heavy (non-hydrogen) atoms. The molecule has 0 radical (unpaired) electrons. The first kappa shape index (κ1) is 12.7. The van der Waals surface area contributed by atoms with Crippen molar-refractivity contribution in [2.45, 2.75) is 12.8 Å². The van der Waals surface area contributed by atoms with Gasteiger partial charge in [-0.15, -0.1) is 0 Å². The van der Waals surface area contributed by atoms with E-state index in [1.807, 2.05) is 0 Å². The number of nitrogens with two attached hydrogens (primary N) is 1. The number of benzene rings is 1. The highest BCUT2D eigenvalue weighted by atomic mass is 19.1. The van der Waals surface area contributed by atoms with Crippen molar-refractivity contribution in [1.82, 2.24) is 0 Å². The summed E-state index contributed by atoms with van der Waals surface area (Å²) in [6, 6.07) is 1.34. The minimum atomic E-state index is -0.820. The van der Waals surface area contributed by atoms with Gasteiger partial charge in [0.05, 0.1) is 14.2 Å². The van der Waals surface area contributed by atoms with E-state index in [4.69, 9.17) is 10.5 Å². The van der Waals surface area contributed by atoms with Gasteiger partial charge in [0.15, 0.2) is 17.3 Å². The maximum Gasteiger partial charge on any atom is 0.209 e. The number of methoxy groups -OCH3 is 2. The predicted molar refractivity (Wildman–Crippen MR) is 56.8 cm³/mol. The third-order valence-electron chi connectivity index (χ3n) is 2.28. The van der Waals surface area contributed by atoms with Crippen molar-refractivity contribution >= 4 is 0 Å². The van der Waals surface area contributed by atoms with Gasteiger partial charge in [0, 0.05) is 0 Å². The summed E-state index contributed by atoms with van der Waals surface area (Å²) >= 11 is 0. The Hall–Kier alpha value is -1.36. The van der Waals surface area contributed by atoms with Crippen LogP contribution >= 0.6 is 0 Å². The van der Waals surface area contributed by atoms with Gasteiger partial charge in [-0.3, -0.25) is 0 Å². The second kappa shape index (κ2) is 5.65. The van der Waals surface area contributed by atoms with Gasteiger partial charge in [-0.05, 0) is 31.0 Å². The molecule has 0 aromatic heterocycles. The van der Waals surface area contributed by atoms with E-state index in [9.17, 15) is 8.78 Å². The molecule has 0 bridgehead atoms. The summed E-state index contributed by atoms with van der Waals surface area (Å²) in [6.07, 6.45) is 1.05. The molecule has 0 fully saturated rings. The highest BCUT2D eigenvalue weighted by molar-refractivity contribution is 5.42. The van der Waals surface area contributed by atoms with Gasteiger partial charge in [0.25, 0.3) is 0 Å². The molecule has 90 valence electrons. The van der Waals surface area contributed by atoms with E-state index >= 15 is 0 Å². The highest BCUT2D eigenvalue weighted by Crippen LogP contribution is 2.32. The van der Waals surface area contributed by atoms with Crippen LogP contribution in [-0.2, 0) is 6.42 Å². The molecule has 2 N–H and O–H groups in total. The van der Waals surface area contributed by atoms with E-state index in [1.165, 1.54) is 20.3 Å². The molecule has 0 unspecified atom stereocenters. The first-order valence-corrected chi connectivity index (χ1v) is 4.94. The summed E-state index contributed by atoms with van der Waals surface area (Å²) in [5, 5.41) is 0. The van der Waals surface area contributed by atoms with Crippen LogP contribution in [0.3, 0.4) is 0 Å². The molecule has 0 amide bonds. The zero-order valence-corrected chi connectivity index (χ0v) is 9.35. The van der Waals surface area contributed by atoms with Crippen molar-refractivity contribution in [2.75, 3.05) is 20.8 Å². The molecule has 0 heterocycles. The first-order chi connectivity index (χ1) is 7.65. The Morgan fingerprint density at radius 1 is 1.19 bits per heavy atom. The standard InChI is InChI=1S/C11H15F2NO2/c1-15-8-6-7(4-3-5-14)9(12)11(16-2)10(8)13/h6H,3-5,14H2,1-2H3. The Bertz CT molecular complexity index is 369. The lowest BCUT2D eigenvalue weighted by Gasteiger charge is -2.11. The SMILES string of the molecule is COc1cc(CCCN)c(F)c(OC)c1F. The lowest BCUT2D eigenvalue weighted by Crippen LogP contribution is -2.05. The molecular formula is C11H15F2NO2. The molecular weight excluding hydrogens is 216 g/mol. The largest absolute Gasteiger partial charge is 0.494 e. The van der Waals surface area contributed by atoms with E-state index in [1.54, 1.807) is 0 Å². The van der Waals surface area contributed by atoms with Crippen LogP contribution in [-0.4, -0.2) is 20.8 Å². The molecule has 0 saturated heterocycles. The van der Waals surface area contributed by atoms with Crippen LogP contribution in [0.5, 0.6) is 11.5 Å². The van der Waals surface area contributed by atoms with Crippen LogP contribution in [0.1, 0.15) is 12.0 Å². The van der Waals surface area contributed by atoms with Gasteiger partial charge in [-0.1, -0.05) is 0 Å². The van der Waals surface area contributed by atoms with E-state index in [2.05, 4.69) is 4.74 Å². The third-order valence-corrected chi connectivity index (χ3v) is 2.28.